The molecule has 0 spiro atoms. The van der Waals surface area contributed by atoms with Crippen LogP contribution in [-0.4, -0.2) is 60.1 Å². The van der Waals surface area contributed by atoms with Gasteiger partial charge < -0.3 is 24.8 Å². The van der Waals surface area contributed by atoms with Gasteiger partial charge in [0.05, 0.1) is 6.57 Å². The Labute approximate surface area is 161 Å². The second kappa shape index (κ2) is 9.58. The minimum atomic E-state index is -0.673. The summed E-state index contributed by atoms with van der Waals surface area (Å²) >= 11 is 0. The van der Waals surface area contributed by atoms with Crippen molar-refractivity contribution in [3.05, 3.63) is 35.7 Å². The molecule has 0 radical (unpaired) electrons. The maximum atomic E-state index is 12.1. The number of ether oxygens (including phenoxy) is 2. The molecule has 27 heavy (non-hydrogen) atoms. The van der Waals surface area contributed by atoms with Gasteiger partial charge in [0.15, 0.2) is 0 Å². The molecule has 7 nitrogen and oxygen atoms in total. The lowest BCUT2D eigenvalue weighted by molar-refractivity contribution is 0.0192. The highest BCUT2D eigenvalue weighted by Gasteiger charge is 2.26. The third kappa shape index (κ3) is 7.08. The first kappa shape index (κ1) is 21.0. The number of carbonyl (C=O) groups is 1. The van der Waals surface area contributed by atoms with Crippen molar-refractivity contribution in [1.82, 2.24) is 10.2 Å². The van der Waals surface area contributed by atoms with Crippen LogP contribution in [0.15, 0.2) is 24.3 Å². The summed E-state index contributed by atoms with van der Waals surface area (Å²) in [6, 6.07) is 7.23. The van der Waals surface area contributed by atoms with Gasteiger partial charge in [0.25, 0.3) is 0 Å². The highest BCUT2D eigenvalue weighted by molar-refractivity contribution is 5.68. The number of nitrogens with one attached hydrogen (secondary N) is 1. The highest BCUT2D eigenvalue weighted by Crippen LogP contribution is 2.26. The van der Waals surface area contributed by atoms with E-state index >= 15 is 0 Å². The molecule has 1 heterocycles. The number of likely N-dealkylation sites (tertiary alicyclic amines) is 1. The number of carbonyl (C=O) groups excluding carboxylic acids is 1. The van der Waals surface area contributed by atoms with Gasteiger partial charge in [0, 0.05) is 25.7 Å². The fraction of sp³-hybridized carbons (Fsp3) is 0.600. The predicted octanol–water partition coefficient (Wildman–Crippen LogP) is 2.97. The first-order valence-electron chi connectivity index (χ1n) is 9.27. The molecule has 2 N–H and O–H groups in total. The summed E-state index contributed by atoms with van der Waals surface area (Å²) in [6.45, 7) is 14.5. The summed E-state index contributed by atoms with van der Waals surface area (Å²) in [5.74, 6) is 0.484. The molecule has 1 fully saturated rings. The molecule has 0 unspecified atom stereocenters. The number of rotatable bonds is 6. The molecule has 7 heteroatoms. The van der Waals surface area contributed by atoms with Crippen molar-refractivity contribution in [2.24, 2.45) is 0 Å². The molecule has 0 saturated carbocycles. The molecule has 148 valence electrons. The van der Waals surface area contributed by atoms with Gasteiger partial charge in [-0.1, -0.05) is 18.2 Å². The monoisotopic (exact) mass is 375 g/mol. The van der Waals surface area contributed by atoms with E-state index in [-0.39, 0.29) is 18.7 Å². The topological polar surface area (TPSA) is 75.4 Å². The number of aliphatic hydroxyl groups is 1. The van der Waals surface area contributed by atoms with Crippen LogP contribution < -0.4 is 10.1 Å². The van der Waals surface area contributed by atoms with Crippen molar-refractivity contribution in [3.8, 4) is 5.75 Å². The van der Waals surface area contributed by atoms with Gasteiger partial charge in [-0.2, -0.15) is 0 Å². The van der Waals surface area contributed by atoms with Crippen LogP contribution in [0.1, 0.15) is 33.6 Å². The van der Waals surface area contributed by atoms with Gasteiger partial charge in [-0.15, -0.1) is 0 Å². The number of hydrogen-bond donors (Lipinski definition) is 2. The van der Waals surface area contributed by atoms with Crippen LogP contribution in [0.3, 0.4) is 0 Å². The van der Waals surface area contributed by atoms with Gasteiger partial charge >= 0.3 is 6.09 Å². The second-order valence-electron chi connectivity index (χ2n) is 7.69. The predicted molar refractivity (Wildman–Crippen MR) is 103 cm³/mol. The summed E-state index contributed by atoms with van der Waals surface area (Å²) in [5, 5.41) is 13.4. The van der Waals surface area contributed by atoms with Crippen molar-refractivity contribution in [2.45, 2.75) is 51.4 Å². The standard InChI is InChI=1S/C20H29N3O4/c1-20(2,3)27-19(25)23-11-9-15(10-12-23)22-13-16(24)14-26-18-8-6-5-7-17(18)21-4/h5-8,15-16,22,24H,9-14H2,1-3H3/t16-/m0/s1. The van der Waals surface area contributed by atoms with E-state index in [1.807, 2.05) is 20.8 Å². The number of benzene rings is 1. The Balaban J connectivity index is 1.67. The summed E-state index contributed by atoms with van der Waals surface area (Å²) in [6.07, 6.45) is 0.682. The van der Waals surface area contributed by atoms with Crippen LogP contribution in [0.5, 0.6) is 5.75 Å². The van der Waals surface area contributed by atoms with Crippen molar-refractivity contribution in [2.75, 3.05) is 26.2 Å². The quantitative estimate of drug-likeness (QED) is 0.748. The molecule has 1 amide bonds. The Kier molecular flexibility index (Phi) is 7.45. The van der Waals surface area contributed by atoms with Gasteiger partial charge in [0.1, 0.15) is 24.1 Å². The van der Waals surface area contributed by atoms with Crippen LogP contribution in [0, 0.1) is 6.57 Å². The zero-order valence-electron chi connectivity index (χ0n) is 16.3. The normalized spacial score (nSPS) is 16.5. The summed E-state index contributed by atoms with van der Waals surface area (Å²) < 4.78 is 10.9. The molecular formula is C20H29N3O4. The van der Waals surface area contributed by atoms with Crippen molar-refractivity contribution in [3.63, 3.8) is 0 Å². The Bertz CT molecular complexity index is 658. The lowest BCUT2D eigenvalue weighted by atomic mass is 10.1. The average Bonchev–Trinajstić information content (AvgIpc) is 2.64. The molecule has 0 aliphatic carbocycles. The van der Waals surface area contributed by atoms with Gasteiger partial charge in [-0.3, -0.25) is 0 Å². The Morgan fingerprint density at radius 2 is 2.04 bits per heavy atom. The first-order chi connectivity index (χ1) is 12.8. The number of amides is 1. The molecule has 1 saturated heterocycles. The number of nitrogens with zero attached hydrogens (tertiary/aromatic N) is 2. The first-order valence-corrected chi connectivity index (χ1v) is 9.27. The van der Waals surface area contributed by atoms with Crippen LogP contribution in [-0.2, 0) is 4.74 Å². The van der Waals surface area contributed by atoms with E-state index < -0.39 is 11.7 Å². The van der Waals surface area contributed by atoms with Crippen LogP contribution in [0.2, 0.25) is 0 Å². The number of aliphatic hydroxyl groups excluding tert-OH is 1. The van der Waals surface area contributed by atoms with Crippen LogP contribution >= 0.6 is 0 Å². The van der Waals surface area contributed by atoms with E-state index in [1.165, 1.54) is 0 Å². The summed E-state index contributed by atoms with van der Waals surface area (Å²) in [4.78, 5) is 17.2. The van der Waals surface area contributed by atoms with E-state index in [0.29, 0.717) is 31.1 Å². The van der Waals surface area contributed by atoms with Crippen LogP contribution in [0.25, 0.3) is 4.85 Å². The molecule has 2 rings (SSSR count). The highest BCUT2D eigenvalue weighted by atomic mass is 16.6. The molecule has 0 aromatic heterocycles. The largest absolute Gasteiger partial charge is 0.502 e. The average molecular weight is 375 g/mol. The van der Waals surface area contributed by atoms with E-state index in [4.69, 9.17) is 16.0 Å². The van der Waals surface area contributed by atoms with E-state index in [9.17, 15) is 9.90 Å². The van der Waals surface area contributed by atoms with Gasteiger partial charge in [-0.25, -0.2) is 9.64 Å². The maximum Gasteiger partial charge on any atom is 0.410 e. The molecular weight excluding hydrogens is 346 g/mol. The number of piperidine rings is 1. The fourth-order valence-electron chi connectivity index (χ4n) is 2.81. The van der Waals surface area contributed by atoms with Crippen molar-refractivity contribution in [1.29, 1.82) is 0 Å². The Morgan fingerprint density at radius 3 is 2.67 bits per heavy atom. The number of hydrogen-bond acceptors (Lipinski definition) is 5. The maximum absolute atomic E-state index is 12.1. The van der Waals surface area contributed by atoms with E-state index in [1.54, 1.807) is 29.2 Å². The molecule has 1 atom stereocenters. The zero-order valence-corrected chi connectivity index (χ0v) is 16.3. The molecule has 1 aromatic carbocycles. The molecule has 1 aromatic rings. The van der Waals surface area contributed by atoms with Crippen LogP contribution in [0.4, 0.5) is 10.5 Å². The summed E-state index contributed by atoms with van der Waals surface area (Å²) in [5.41, 5.74) is -0.0468. The van der Waals surface area contributed by atoms with E-state index in [2.05, 4.69) is 10.2 Å². The Hall–Kier alpha value is -2.30. The van der Waals surface area contributed by atoms with Gasteiger partial charge in [0.2, 0.25) is 5.69 Å². The lowest BCUT2D eigenvalue weighted by Crippen LogP contribution is -2.48. The fourth-order valence-corrected chi connectivity index (χ4v) is 2.81. The zero-order chi connectivity index (χ0) is 19.9. The minimum absolute atomic E-state index is 0.121. The lowest BCUT2D eigenvalue weighted by Gasteiger charge is -2.34. The molecule has 1 aliphatic rings. The summed E-state index contributed by atoms with van der Waals surface area (Å²) in [7, 11) is 0. The van der Waals surface area contributed by atoms with E-state index in [0.717, 1.165) is 12.8 Å². The third-order valence-electron chi connectivity index (χ3n) is 4.21. The second-order valence-corrected chi connectivity index (χ2v) is 7.69. The minimum Gasteiger partial charge on any atom is -0.502 e. The number of para-hydroxylation sites is 2. The molecule has 0 bridgehead atoms. The SMILES string of the molecule is [C-]#[N+]c1ccccc1OC[C@@H](O)CNC1CCN(C(=O)OC(C)(C)C)CC1. The Morgan fingerprint density at radius 1 is 1.37 bits per heavy atom. The van der Waals surface area contributed by atoms with Crippen molar-refractivity contribution >= 4 is 11.8 Å². The third-order valence-corrected chi connectivity index (χ3v) is 4.21. The smallest absolute Gasteiger partial charge is 0.410 e. The van der Waals surface area contributed by atoms with Crippen molar-refractivity contribution < 1.29 is 19.4 Å². The van der Waals surface area contributed by atoms with Gasteiger partial charge in [-0.05, 0) is 39.7 Å². The molecule has 1 aliphatic heterocycles.